The number of aromatic nitrogens is 2. The summed E-state index contributed by atoms with van der Waals surface area (Å²) in [5, 5.41) is 0. The van der Waals surface area contributed by atoms with Gasteiger partial charge in [-0.3, -0.25) is 0 Å². The second-order valence-electron chi connectivity index (χ2n) is 5.38. The summed E-state index contributed by atoms with van der Waals surface area (Å²) in [5.41, 5.74) is 0.914. The van der Waals surface area contributed by atoms with Gasteiger partial charge in [-0.1, -0.05) is 0 Å². The second-order valence-corrected chi connectivity index (χ2v) is 7.31. The van der Waals surface area contributed by atoms with Crippen molar-refractivity contribution in [3.63, 3.8) is 0 Å². The zero-order chi connectivity index (χ0) is 15.9. The first-order chi connectivity index (χ1) is 10.4. The van der Waals surface area contributed by atoms with Crippen molar-refractivity contribution in [1.29, 1.82) is 0 Å². The molecule has 0 unspecified atom stereocenters. The van der Waals surface area contributed by atoms with Gasteiger partial charge in [0, 0.05) is 30.9 Å². The molecule has 3 rings (SSSR count). The topological polar surface area (TPSA) is 66.1 Å². The quantitative estimate of drug-likeness (QED) is 0.939. The number of nitrogens with one attached hydrogen (secondary N) is 1. The number of H-pyrrole nitrogens is 1. The van der Waals surface area contributed by atoms with Crippen LogP contribution in [0.5, 0.6) is 0 Å². The summed E-state index contributed by atoms with van der Waals surface area (Å²) in [6, 6.07) is 2.62. The molecule has 1 fully saturated rings. The molecule has 5 nitrogen and oxygen atoms in total. The lowest BCUT2D eigenvalue weighted by atomic mass is 10.1. The lowest BCUT2D eigenvalue weighted by Gasteiger charge is -2.16. The number of benzene rings is 1. The van der Waals surface area contributed by atoms with Crippen molar-refractivity contribution in [3.8, 4) is 0 Å². The first kappa shape index (κ1) is 15.1. The minimum Gasteiger partial charge on any atom is -0.346 e. The van der Waals surface area contributed by atoms with Gasteiger partial charge in [0.1, 0.15) is 5.82 Å². The fraction of sp³-hybridized carbons (Fsp3) is 0.357. The van der Waals surface area contributed by atoms with Crippen molar-refractivity contribution < 1.29 is 17.2 Å². The Morgan fingerprint density at radius 3 is 2.73 bits per heavy atom. The third kappa shape index (κ3) is 2.64. The van der Waals surface area contributed by atoms with Gasteiger partial charge in [-0.15, -0.1) is 0 Å². The van der Waals surface area contributed by atoms with Gasteiger partial charge in [0.15, 0.2) is 11.6 Å². The number of sulfonamides is 1. The maximum absolute atomic E-state index is 13.3. The molecule has 1 saturated heterocycles. The van der Waals surface area contributed by atoms with Crippen molar-refractivity contribution in [1.82, 2.24) is 14.3 Å². The minimum absolute atomic E-state index is 0.0197. The molecule has 8 heteroatoms. The number of aryl methyl sites for hydroxylation is 1. The zero-order valence-corrected chi connectivity index (χ0v) is 12.7. The lowest BCUT2D eigenvalue weighted by molar-refractivity contribution is 0.467. The summed E-state index contributed by atoms with van der Waals surface area (Å²) in [6.45, 7) is 2.47. The van der Waals surface area contributed by atoms with E-state index in [9.17, 15) is 17.2 Å². The van der Waals surface area contributed by atoms with E-state index in [-0.39, 0.29) is 17.4 Å². The van der Waals surface area contributed by atoms with Crippen molar-refractivity contribution in [2.45, 2.75) is 24.2 Å². The Morgan fingerprint density at radius 2 is 2.09 bits per heavy atom. The van der Waals surface area contributed by atoms with Crippen LogP contribution >= 0.6 is 0 Å². The molecule has 1 N–H and O–H groups in total. The standard InChI is InChI=1S/C14H15F2N3O2S/c1-9-7-17-14(18-9)10-4-5-19(8-10)22(20,21)11-2-3-12(15)13(16)6-11/h2-3,6-7,10H,4-5,8H2,1H3,(H,17,18)/t10-/m0/s1. The molecule has 1 atom stereocenters. The third-order valence-electron chi connectivity index (χ3n) is 3.79. The predicted octanol–water partition coefficient (Wildman–Crippen LogP) is 2.17. The van der Waals surface area contributed by atoms with E-state index < -0.39 is 21.7 Å². The molecular weight excluding hydrogens is 312 g/mol. The van der Waals surface area contributed by atoms with E-state index in [0.29, 0.717) is 13.0 Å². The SMILES string of the molecule is Cc1cnc([C@H]2CCN(S(=O)(=O)c3ccc(F)c(F)c3)C2)[nH]1. The first-order valence-corrected chi connectivity index (χ1v) is 8.28. The first-order valence-electron chi connectivity index (χ1n) is 6.84. The zero-order valence-electron chi connectivity index (χ0n) is 11.9. The van der Waals surface area contributed by atoms with Gasteiger partial charge in [-0.2, -0.15) is 4.31 Å². The van der Waals surface area contributed by atoms with Crippen LogP contribution in [0.2, 0.25) is 0 Å². The molecular formula is C14H15F2N3O2S. The lowest BCUT2D eigenvalue weighted by Crippen LogP contribution is -2.29. The van der Waals surface area contributed by atoms with Crippen molar-refractivity contribution >= 4 is 10.0 Å². The fourth-order valence-electron chi connectivity index (χ4n) is 2.60. The summed E-state index contributed by atoms with van der Waals surface area (Å²) in [5.74, 6) is -1.50. The Labute approximate surface area is 127 Å². The normalized spacial score (nSPS) is 19.7. The smallest absolute Gasteiger partial charge is 0.243 e. The molecule has 1 aliphatic heterocycles. The van der Waals surface area contributed by atoms with Crippen LogP contribution in [0.4, 0.5) is 8.78 Å². The van der Waals surface area contributed by atoms with Crippen LogP contribution in [0.15, 0.2) is 29.3 Å². The summed E-state index contributed by atoms with van der Waals surface area (Å²) in [6.07, 6.45) is 2.33. The van der Waals surface area contributed by atoms with E-state index in [0.717, 1.165) is 29.7 Å². The second kappa shape index (κ2) is 5.44. The number of hydrogen-bond donors (Lipinski definition) is 1. The average Bonchev–Trinajstić information content (AvgIpc) is 3.10. The number of nitrogens with zero attached hydrogens (tertiary/aromatic N) is 2. The summed E-state index contributed by atoms with van der Waals surface area (Å²) >= 11 is 0. The van der Waals surface area contributed by atoms with Crippen molar-refractivity contribution in [3.05, 3.63) is 47.5 Å². The Morgan fingerprint density at radius 1 is 1.32 bits per heavy atom. The van der Waals surface area contributed by atoms with Gasteiger partial charge in [-0.05, 0) is 31.5 Å². The Hall–Kier alpha value is -1.80. The van der Waals surface area contributed by atoms with Gasteiger partial charge in [0.25, 0.3) is 0 Å². The number of aromatic amines is 1. The van der Waals surface area contributed by atoms with Gasteiger partial charge < -0.3 is 4.98 Å². The van der Waals surface area contributed by atoms with E-state index in [1.807, 2.05) is 6.92 Å². The molecule has 0 aliphatic carbocycles. The van der Waals surface area contributed by atoms with Crippen LogP contribution in [-0.2, 0) is 10.0 Å². The molecule has 1 aromatic carbocycles. The van der Waals surface area contributed by atoms with E-state index in [1.54, 1.807) is 6.20 Å². The molecule has 1 aliphatic rings. The molecule has 0 bridgehead atoms. The number of imidazole rings is 1. The van der Waals surface area contributed by atoms with Gasteiger partial charge >= 0.3 is 0 Å². The van der Waals surface area contributed by atoms with Gasteiger partial charge in [-0.25, -0.2) is 22.2 Å². The maximum Gasteiger partial charge on any atom is 0.243 e. The minimum atomic E-state index is -3.83. The molecule has 0 saturated carbocycles. The van der Waals surface area contributed by atoms with E-state index in [2.05, 4.69) is 9.97 Å². The summed E-state index contributed by atoms with van der Waals surface area (Å²) < 4.78 is 52.5. The Bertz CT molecular complexity index is 804. The highest BCUT2D eigenvalue weighted by Crippen LogP contribution is 2.30. The van der Waals surface area contributed by atoms with Crippen LogP contribution in [-0.4, -0.2) is 35.8 Å². The summed E-state index contributed by atoms with van der Waals surface area (Å²) in [4.78, 5) is 7.10. The van der Waals surface area contributed by atoms with E-state index in [1.165, 1.54) is 4.31 Å². The molecule has 2 heterocycles. The Balaban J connectivity index is 1.83. The maximum atomic E-state index is 13.3. The highest BCUT2D eigenvalue weighted by Gasteiger charge is 2.34. The molecule has 1 aromatic heterocycles. The molecule has 0 amide bonds. The fourth-order valence-corrected chi connectivity index (χ4v) is 4.11. The van der Waals surface area contributed by atoms with Crippen LogP contribution in [0, 0.1) is 18.6 Å². The molecule has 0 radical (unpaired) electrons. The van der Waals surface area contributed by atoms with Crippen molar-refractivity contribution in [2.75, 3.05) is 13.1 Å². The molecule has 118 valence electrons. The average molecular weight is 327 g/mol. The number of halogens is 2. The highest BCUT2D eigenvalue weighted by atomic mass is 32.2. The van der Waals surface area contributed by atoms with Gasteiger partial charge in [0.05, 0.1) is 4.90 Å². The summed E-state index contributed by atoms with van der Waals surface area (Å²) in [7, 11) is -3.83. The predicted molar refractivity (Wildman–Crippen MR) is 75.8 cm³/mol. The van der Waals surface area contributed by atoms with Crippen LogP contribution in [0.25, 0.3) is 0 Å². The molecule has 22 heavy (non-hydrogen) atoms. The highest BCUT2D eigenvalue weighted by molar-refractivity contribution is 7.89. The largest absolute Gasteiger partial charge is 0.346 e. The molecule has 0 spiro atoms. The van der Waals surface area contributed by atoms with Crippen LogP contribution in [0.3, 0.4) is 0 Å². The Kier molecular flexibility index (Phi) is 3.73. The van der Waals surface area contributed by atoms with Crippen molar-refractivity contribution in [2.24, 2.45) is 0 Å². The van der Waals surface area contributed by atoms with Crippen LogP contribution < -0.4 is 0 Å². The number of rotatable bonds is 3. The number of hydrogen-bond acceptors (Lipinski definition) is 3. The van der Waals surface area contributed by atoms with Crippen LogP contribution in [0.1, 0.15) is 23.9 Å². The molecule has 2 aromatic rings. The van der Waals surface area contributed by atoms with Gasteiger partial charge in [0.2, 0.25) is 10.0 Å². The monoisotopic (exact) mass is 327 g/mol. The third-order valence-corrected chi connectivity index (χ3v) is 5.65. The van der Waals surface area contributed by atoms with E-state index in [4.69, 9.17) is 0 Å². The van der Waals surface area contributed by atoms with E-state index >= 15 is 0 Å².